The summed E-state index contributed by atoms with van der Waals surface area (Å²) in [4.78, 5) is 35.4. The highest BCUT2D eigenvalue weighted by atomic mass is 31.2. The summed E-state index contributed by atoms with van der Waals surface area (Å²) >= 11 is 0. The van der Waals surface area contributed by atoms with Crippen molar-refractivity contribution in [1.29, 1.82) is 0 Å². The Labute approximate surface area is 581 Å². The molecule has 3 N–H and O–H groups in total. The van der Waals surface area contributed by atoms with Gasteiger partial charge in [-0.05, 0) is 154 Å². The van der Waals surface area contributed by atoms with Crippen molar-refractivity contribution in [2.45, 2.75) is 277 Å². The molecule has 9 nitrogen and oxygen atoms in total. The van der Waals surface area contributed by atoms with Gasteiger partial charge in [0.25, 0.3) is 0 Å². The van der Waals surface area contributed by atoms with E-state index < -0.39 is 32.5 Å². The van der Waals surface area contributed by atoms with Crippen molar-refractivity contribution in [3.8, 4) is 0 Å². The van der Waals surface area contributed by atoms with Crippen LogP contribution in [0, 0.1) is 0 Å². The number of ether oxygens (including phenoxy) is 2. The van der Waals surface area contributed by atoms with Crippen molar-refractivity contribution < 1.29 is 37.6 Å². The number of esters is 2. The van der Waals surface area contributed by atoms with Gasteiger partial charge in [0, 0.05) is 19.4 Å². The number of rotatable bonds is 67. The summed E-state index contributed by atoms with van der Waals surface area (Å²) < 4.78 is 33.1. The Balaban J connectivity index is 4.02. The summed E-state index contributed by atoms with van der Waals surface area (Å²) in [6.45, 7) is 3.45. The van der Waals surface area contributed by atoms with Crippen molar-refractivity contribution in [2.75, 3.05) is 26.4 Å². The molecule has 0 aromatic carbocycles. The Morgan fingerprint density at radius 1 is 0.316 bits per heavy atom. The smallest absolute Gasteiger partial charge is 0.462 e. The highest BCUT2D eigenvalue weighted by molar-refractivity contribution is 7.47. The van der Waals surface area contributed by atoms with Crippen LogP contribution in [-0.2, 0) is 32.7 Å². The molecule has 532 valence electrons. The predicted octanol–water partition coefficient (Wildman–Crippen LogP) is 25.2. The molecule has 0 heterocycles. The molecule has 0 saturated carbocycles. The van der Waals surface area contributed by atoms with Crippen molar-refractivity contribution in [3.63, 3.8) is 0 Å². The number of carbonyl (C=O) groups excluding carboxylic acids is 2. The maximum atomic E-state index is 12.8. The van der Waals surface area contributed by atoms with Crippen LogP contribution in [0.4, 0.5) is 0 Å². The molecular formula is C85H134NO8P. The number of unbranched alkanes of at least 4 members (excludes halogenated alkanes) is 18. The molecule has 0 aromatic heterocycles. The molecule has 2 atom stereocenters. The molecule has 0 aromatic rings. The van der Waals surface area contributed by atoms with Crippen LogP contribution in [0.1, 0.15) is 271 Å². The molecule has 2 unspecified atom stereocenters. The van der Waals surface area contributed by atoms with Gasteiger partial charge in [-0.1, -0.05) is 322 Å². The standard InChI is InChI=1S/C85H134NO8P/c1-3-5-7-9-11-13-15-17-19-21-23-25-27-29-31-33-35-37-39-40-41-42-44-46-48-50-52-54-56-58-60-62-64-66-68-70-72-74-76-78-85(88)94-83(82-93-95(89,90)92-80-79-86)81-91-84(87)77-75-73-71-69-67-65-63-61-59-57-55-53-51-49-47-45-43-38-36-34-32-30-28-26-24-22-20-18-16-14-12-10-8-6-4-2/h5-8,11-14,17-20,23-26,29-32,35-38,40-41,44,46,50,52,56,58,62,64,68,70,83H,3-4,9-10,15-16,21-22,27-28,33-34,39,42-43,45,47-49,51,53-55,57,59-61,63,65-67,69,71-82,86H2,1-2H3,(H,89,90)/b7-5-,8-6-,13-11-,14-12-,19-17-,20-18-,25-23-,26-24-,31-29-,32-30-,37-35-,38-36-,41-40-,46-44-,52-50-,58-56-,64-62-,70-68-. The zero-order valence-electron chi connectivity index (χ0n) is 59.8. The van der Waals surface area contributed by atoms with E-state index in [1.807, 2.05) is 0 Å². The van der Waals surface area contributed by atoms with E-state index in [1.54, 1.807) is 0 Å². The molecule has 95 heavy (non-hydrogen) atoms. The topological polar surface area (TPSA) is 134 Å². The maximum Gasteiger partial charge on any atom is 0.472 e. The van der Waals surface area contributed by atoms with Crippen molar-refractivity contribution in [2.24, 2.45) is 5.73 Å². The molecule has 0 aliphatic rings. The first kappa shape index (κ1) is 89.3. The lowest BCUT2D eigenvalue weighted by atomic mass is 10.0. The molecule has 0 rings (SSSR count). The van der Waals surface area contributed by atoms with Crippen molar-refractivity contribution in [3.05, 3.63) is 219 Å². The van der Waals surface area contributed by atoms with Crippen LogP contribution in [0.5, 0.6) is 0 Å². The Morgan fingerprint density at radius 2 is 0.547 bits per heavy atom. The van der Waals surface area contributed by atoms with Gasteiger partial charge in [-0.25, -0.2) is 4.57 Å². The first-order valence-electron chi connectivity index (χ1n) is 37.2. The number of hydrogen-bond donors (Lipinski definition) is 2. The predicted molar refractivity (Wildman–Crippen MR) is 412 cm³/mol. The van der Waals surface area contributed by atoms with Crippen LogP contribution in [-0.4, -0.2) is 49.3 Å². The average molecular weight is 1330 g/mol. The lowest BCUT2D eigenvalue weighted by Crippen LogP contribution is -2.29. The lowest BCUT2D eigenvalue weighted by Gasteiger charge is -2.19. The Bertz CT molecular complexity index is 2370. The van der Waals surface area contributed by atoms with Crippen molar-refractivity contribution in [1.82, 2.24) is 0 Å². The quantitative estimate of drug-likeness (QED) is 0.0264. The van der Waals surface area contributed by atoms with Crippen LogP contribution in [0.15, 0.2) is 219 Å². The van der Waals surface area contributed by atoms with Gasteiger partial charge in [0.15, 0.2) is 6.10 Å². The number of phosphoric acid groups is 1. The van der Waals surface area contributed by atoms with Gasteiger partial charge in [-0.3, -0.25) is 18.6 Å². The maximum absolute atomic E-state index is 12.8. The molecule has 0 fully saturated rings. The summed E-state index contributed by atoms with van der Waals surface area (Å²) in [6.07, 6.45) is 120. The van der Waals surface area contributed by atoms with Gasteiger partial charge in [0.2, 0.25) is 0 Å². The minimum atomic E-state index is -4.42. The van der Waals surface area contributed by atoms with Crippen LogP contribution in [0.2, 0.25) is 0 Å². The Hall–Kier alpha value is -5.67. The highest BCUT2D eigenvalue weighted by Gasteiger charge is 2.26. The summed E-state index contributed by atoms with van der Waals surface area (Å²) in [5, 5.41) is 0. The summed E-state index contributed by atoms with van der Waals surface area (Å²) in [6, 6.07) is 0. The highest BCUT2D eigenvalue weighted by Crippen LogP contribution is 2.43. The van der Waals surface area contributed by atoms with E-state index in [4.69, 9.17) is 24.3 Å². The first-order chi connectivity index (χ1) is 46.8. The summed E-state index contributed by atoms with van der Waals surface area (Å²) in [5.74, 6) is -0.890. The third-order valence-corrected chi connectivity index (χ3v) is 15.8. The first-order valence-corrected chi connectivity index (χ1v) is 38.7. The molecular weight excluding hydrogens is 1190 g/mol. The molecule has 0 aliphatic carbocycles. The average Bonchev–Trinajstić information content (AvgIpc) is 3.16. The van der Waals surface area contributed by atoms with Gasteiger partial charge >= 0.3 is 19.8 Å². The second kappa shape index (κ2) is 77.3. The fourth-order valence-corrected chi connectivity index (χ4v) is 10.2. The van der Waals surface area contributed by atoms with Crippen LogP contribution in [0.3, 0.4) is 0 Å². The second-order valence-corrected chi connectivity index (χ2v) is 25.1. The number of nitrogens with two attached hydrogens (primary N) is 1. The molecule has 0 saturated heterocycles. The number of hydrogen-bond acceptors (Lipinski definition) is 8. The molecule has 0 spiro atoms. The van der Waals surface area contributed by atoms with E-state index in [0.717, 1.165) is 154 Å². The molecule has 10 heteroatoms. The van der Waals surface area contributed by atoms with Gasteiger partial charge in [0.05, 0.1) is 13.2 Å². The molecule has 0 aliphatic heterocycles. The zero-order valence-corrected chi connectivity index (χ0v) is 60.7. The number of phosphoric ester groups is 1. The van der Waals surface area contributed by atoms with Gasteiger partial charge in [0.1, 0.15) is 6.61 Å². The molecule has 0 radical (unpaired) electrons. The number of carbonyl (C=O) groups is 2. The van der Waals surface area contributed by atoms with E-state index in [0.29, 0.717) is 6.42 Å². The fourth-order valence-electron chi connectivity index (χ4n) is 9.44. The van der Waals surface area contributed by atoms with E-state index >= 15 is 0 Å². The largest absolute Gasteiger partial charge is 0.472 e. The molecule has 0 amide bonds. The van der Waals surface area contributed by atoms with Gasteiger partial charge < -0.3 is 20.1 Å². The van der Waals surface area contributed by atoms with Crippen LogP contribution in [0.25, 0.3) is 0 Å². The summed E-state index contributed by atoms with van der Waals surface area (Å²) in [5.41, 5.74) is 5.40. The van der Waals surface area contributed by atoms with Crippen molar-refractivity contribution >= 4 is 19.8 Å². The van der Waals surface area contributed by atoms with E-state index in [-0.39, 0.29) is 32.6 Å². The fraction of sp³-hybridized carbons (Fsp3) is 0.553. The third kappa shape index (κ3) is 77.2. The minimum absolute atomic E-state index is 0.0356. The molecule has 0 bridgehead atoms. The van der Waals surface area contributed by atoms with E-state index in [9.17, 15) is 19.0 Å². The monoisotopic (exact) mass is 1330 g/mol. The van der Waals surface area contributed by atoms with Crippen LogP contribution < -0.4 is 5.73 Å². The van der Waals surface area contributed by atoms with E-state index in [2.05, 4.69) is 233 Å². The minimum Gasteiger partial charge on any atom is -0.462 e. The zero-order chi connectivity index (χ0) is 68.6. The number of allylic oxidation sites excluding steroid dienone is 36. The Morgan fingerprint density at radius 3 is 0.832 bits per heavy atom. The van der Waals surface area contributed by atoms with Crippen LogP contribution >= 0.6 is 7.82 Å². The summed E-state index contributed by atoms with van der Waals surface area (Å²) in [7, 11) is -4.42. The third-order valence-electron chi connectivity index (χ3n) is 14.9. The van der Waals surface area contributed by atoms with E-state index in [1.165, 1.54) is 83.5 Å². The second-order valence-electron chi connectivity index (χ2n) is 23.7. The SMILES string of the molecule is CC/C=C\C/C=C\C/C=C\C/C=C\C/C=C\C/C=C\C/C=C\C/C=C\C/C=C\C/C=C\C/C=C\C/C=C\CCCCC(=O)OC(COC(=O)CCCCCCCCCCCCCCCCCC/C=C\C/C=C\C/C=C\C/C=C\C/C=C\C/C=C\CC)COP(=O)(O)OCCN. The van der Waals surface area contributed by atoms with Gasteiger partial charge in [-0.15, -0.1) is 0 Å². The Kier molecular flexibility index (Phi) is 72.7. The normalized spacial score (nSPS) is 14.2. The lowest BCUT2D eigenvalue weighted by molar-refractivity contribution is -0.161. The van der Waals surface area contributed by atoms with Gasteiger partial charge in [-0.2, -0.15) is 0 Å².